The molecule has 0 saturated carbocycles. The van der Waals surface area contributed by atoms with Gasteiger partial charge in [-0.3, -0.25) is 9.59 Å². The van der Waals surface area contributed by atoms with E-state index in [1.165, 1.54) is 25.3 Å². The largest absolute Gasteiger partial charge is 0.496 e. The molecule has 1 amide bonds. The topological polar surface area (TPSA) is 46.6 Å². The SMILES string of the molecule is COc1ccc(F)cc1C(=O)[C@H]1CCCN(C(=O)CC(C)(C)C)C1. The molecule has 0 N–H and O–H groups in total. The van der Waals surface area contributed by atoms with Crippen molar-refractivity contribution in [2.24, 2.45) is 11.3 Å². The first-order valence-corrected chi connectivity index (χ1v) is 8.37. The lowest BCUT2D eigenvalue weighted by Gasteiger charge is -2.34. The molecule has 1 aliphatic rings. The molecule has 1 atom stereocenters. The molecule has 1 aliphatic heterocycles. The van der Waals surface area contributed by atoms with Crippen LogP contribution in [0.5, 0.6) is 5.75 Å². The van der Waals surface area contributed by atoms with Crippen molar-refractivity contribution < 1.29 is 18.7 Å². The molecule has 1 saturated heterocycles. The fourth-order valence-electron chi connectivity index (χ4n) is 3.08. The molecule has 4 nitrogen and oxygen atoms in total. The van der Waals surface area contributed by atoms with E-state index in [4.69, 9.17) is 4.74 Å². The van der Waals surface area contributed by atoms with E-state index in [1.54, 1.807) is 4.90 Å². The lowest BCUT2D eigenvalue weighted by Crippen LogP contribution is -2.43. The van der Waals surface area contributed by atoms with Gasteiger partial charge in [-0.2, -0.15) is 0 Å². The van der Waals surface area contributed by atoms with E-state index in [0.29, 0.717) is 31.7 Å². The van der Waals surface area contributed by atoms with E-state index in [9.17, 15) is 14.0 Å². The number of likely N-dealkylation sites (tertiary alicyclic amines) is 1. The molecule has 1 fully saturated rings. The predicted molar refractivity (Wildman–Crippen MR) is 90.7 cm³/mol. The van der Waals surface area contributed by atoms with E-state index in [0.717, 1.165) is 6.42 Å². The molecule has 2 rings (SSSR count). The van der Waals surface area contributed by atoms with Gasteiger partial charge in [-0.05, 0) is 36.5 Å². The quantitative estimate of drug-likeness (QED) is 0.788. The summed E-state index contributed by atoms with van der Waals surface area (Å²) in [7, 11) is 1.46. The van der Waals surface area contributed by atoms with Crippen molar-refractivity contribution in [2.75, 3.05) is 20.2 Å². The Hall–Kier alpha value is -1.91. The normalized spacial score (nSPS) is 18.4. The molecule has 0 spiro atoms. The highest BCUT2D eigenvalue weighted by Gasteiger charge is 2.31. The summed E-state index contributed by atoms with van der Waals surface area (Å²) in [6.07, 6.45) is 1.94. The molecular formula is C19H26FNO3. The fourth-order valence-corrected chi connectivity index (χ4v) is 3.08. The summed E-state index contributed by atoms with van der Waals surface area (Å²) in [5.41, 5.74) is 0.174. The third kappa shape index (κ3) is 4.56. The molecule has 0 aliphatic carbocycles. The second-order valence-corrected chi connectivity index (χ2v) is 7.63. The Kier molecular flexibility index (Phi) is 5.62. The number of rotatable bonds is 4. The molecule has 1 aromatic rings. The van der Waals surface area contributed by atoms with E-state index in [-0.39, 0.29) is 28.6 Å². The number of ether oxygens (including phenoxy) is 1. The first-order valence-electron chi connectivity index (χ1n) is 8.37. The summed E-state index contributed by atoms with van der Waals surface area (Å²) in [5.74, 6) is -0.473. The summed E-state index contributed by atoms with van der Waals surface area (Å²) < 4.78 is 18.7. The minimum Gasteiger partial charge on any atom is -0.496 e. The Morgan fingerprint density at radius 1 is 1.33 bits per heavy atom. The van der Waals surface area contributed by atoms with Crippen LogP contribution in [-0.2, 0) is 4.79 Å². The van der Waals surface area contributed by atoms with Gasteiger partial charge in [0.2, 0.25) is 5.91 Å². The first-order chi connectivity index (χ1) is 11.2. The zero-order chi connectivity index (χ0) is 17.9. The van der Waals surface area contributed by atoms with Crippen molar-refractivity contribution in [1.29, 1.82) is 0 Å². The average Bonchev–Trinajstić information content (AvgIpc) is 2.52. The number of benzene rings is 1. The molecule has 24 heavy (non-hydrogen) atoms. The van der Waals surface area contributed by atoms with E-state index in [1.807, 2.05) is 20.8 Å². The van der Waals surface area contributed by atoms with Gasteiger partial charge in [-0.1, -0.05) is 20.8 Å². The standard InChI is InChI=1S/C19H26FNO3/c1-19(2,3)11-17(22)21-9-5-6-13(12-21)18(23)15-10-14(20)7-8-16(15)24-4/h7-8,10,13H,5-6,9,11-12H2,1-4H3/t13-/m0/s1. The summed E-state index contributed by atoms with van der Waals surface area (Å²) in [5, 5.41) is 0. The summed E-state index contributed by atoms with van der Waals surface area (Å²) >= 11 is 0. The van der Waals surface area contributed by atoms with E-state index in [2.05, 4.69) is 0 Å². The van der Waals surface area contributed by atoms with Crippen LogP contribution in [0.2, 0.25) is 0 Å². The Bertz CT molecular complexity index is 622. The Morgan fingerprint density at radius 2 is 2.04 bits per heavy atom. The van der Waals surface area contributed by atoms with Crippen molar-refractivity contribution in [3.05, 3.63) is 29.6 Å². The Morgan fingerprint density at radius 3 is 2.67 bits per heavy atom. The molecular weight excluding hydrogens is 309 g/mol. The van der Waals surface area contributed by atoms with Crippen molar-refractivity contribution >= 4 is 11.7 Å². The average molecular weight is 335 g/mol. The Labute approximate surface area is 143 Å². The number of ketones is 1. The van der Waals surface area contributed by atoms with Crippen LogP contribution in [-0.4, -0.2) is 36.8 Å². The maximum Gasteiger partial charge on any atom is 0.223 e. The lowest BCUT2D eigenvalue weighted by molar-refractivity contribution is -0.134. The summed E-state index contributed by atoms with van der Waals surface area (Å²) in [6.45, 7) is 7.14. The highest BCUT2D eigenvalue weighted by Crippen LogP contribution is 2.28. The van der Waals surface area contributed by atoms with Gasteiger partial charge in [0.05, 0.1) is 12.7 Å². The Balaban J connectivity index is 2.13. The van der Waals surface area contributed by atoms with Crippen LogP contribution in [0.4, 0.5) is 4.39 Å². The number of piperidine rings is 1. The molecule has 5 heteroatoms. The maximum absolute atomic E-state index is 13.5. The highest BCUT2D eigenvalue weighted by molar-refractivity contribution is 6.00. The van der Waals surface area contributed by atoms with Crippen LogP contribution < -0.4 is 4.74 Å². The number of nitrogens with zero attached hydrogens (tertiary/aromatic N) is 1. The second kappa shape index (κ2) is 7.32. The van der Waals surface area contributed by atoms with Crippen molar-refractivity contribution in [2.45, 2.75) is 40.0 Å². The van der Waals surface area contributed by atoms with Gasteiger partial charge in [0.15, 0.2) is 5.78 Å². The van der Waals surface area contributed by atoms with Crippen molar-refractivity contribution in [1.82, 2.24) is 4.90 Å². The molecule has 0 unspecified atom stereocenters. The van der Waals surface area contributed by atoms with Crippen molar-refractivity contribution in [3.63, 3.8) is 0 Å². The van der Waals surface area contributed by atoms with Crippen LogP contribution in [0.25, 0.3) is 0 Å². The first kappa shape index (κ1) is 18.4. The fraction of sp³-hybridized carbons (Fsp3) is 0.579. The number of Topliss-reactive ketones (excluding diaryl/α,β-unsaturated/α-hetero) is 1. The molecule has 132 valence electrons. The number of carbonyl (C=O) groups excluding carboxylic acids is 2. The van der Waals surface area contributed by atoms with Crippen LogP contribution in [0.1, 0.15) is 50.4 Å². The highest BCUT2D eigenvalue weighted by atomic mass is 19.1. The number of amides is 1. The predicted octanol–water partition coefficient (Wildman–Crippen LogP) is 3.69. The molecule has 0 aromatic heterocycles. The number of methoxy groups -OCH3 is 1. The van der Waals surface area contributed by atoms with Gasteiger partial charge in [-0.25, -0.2) is 4.39 Å². The number of carbonyl (C=O) groups is 2. The molecule has 1 aromatic carbocycles. The number of hydrogen-bond acceptors (Lipinski definition) is 3. The third-order valence-electron chi connectivity index (χ3n) is 4.25. The van der Waals surface area contributed by atoms with Gasteiger partial charge in [0, 0.05) is 25.4 Å². The molecule has 0 radical (unpaired) electrons. The van der Waals surface area contributed by atoms with Gasteiger partial charge in [0.25, 0.3) is 0 Å². The van der Waals surface area contributed by atoms with Crippen LogP contribution in [0.3, 0.4) is 0 Å². The van der Waals surface area contributed by atoms with Gasteiger partial charge in [0.1, 0.15) is 11.6 Å². The zero-order valence-corrected chi connectivity index (χ0v) is 14.9. The van der Waals surface area contributed by atoms with Gasteiger partial charge < -0.3 is 9.64 Å². The van der Waals surface area contributed by atoms with Crippen molar-refractivity contribution in [3.8, 4) is 5.75 Å². The van der Waals surface area contributed by atoms with Gasteiger partial charge >= 0.3 is 0 Å². The van der Waals surface area contributed by atoms with Crippen LogP contribution in [0, 0.1) is 17.2 Å². The molecule has 0 bridgehead atoms. The second-order valence-electron chi connectivity index (χ2n) is 7.63. The van der Waals surface area contributed by atoms with Gasteiger partial charge in [-0.15, -0.1) is 0 Å². The lowest BCUT2D eigenvalue weighted by atomic mass is 9.87. The van der Waals surface area contributed by atoms with Crippen LogP contribution >= 0.6 is 0 Å². The monoisotopic (exact) mass is 335 g/mol. The number of halogens is 1. The smallest absolute Gasteiger partial charge is 0.223 e. The minimum absolute atomic E-state index is 0.0752. The summed E-state index contributed by atoms with van der Waals surface area (Å²) in [4.78, 5) is 27.0. The maximum atomic E-state index is 13.5. The zero-order valence-electron chi connectivity index (χ0n) is 14.9. The number of hydrogen-bond donors (Lipinski definition) is 0. The van der Waals surface area contributed by atoms with E-state index >= 15 is 0 Å². The third-order valence-corrected chi connectivity index (χ3v) is 4.25. The summed E-state index contributed by atoms with van der Waals surface area (Å²) in [6, 6.07) is 3.96. The molecule has 1 heterocycles. The minimum atomic E-state index is -0.462. The van der Waals surface area contributed by atoms with E-state index < -0.39 is 5.82 Å². The van der Waals surface area contributed by atoms with Crippen LogP contribution in [0.15, 0.2) is 18.2 Å².